The van der Waals surface area contributed by atoms with Gasteiger partial charge in [0.1, 0.15) is 4.88 Å². The van der Waals surface area contributed by atoms with Crippen molar-refractivity contribution in [2.45, 2.75) is 19.8 Å². The maximum atomic E-state index is 11.9. The molecule has 0 aromatic carbocycles. The van der Waals surface area contributed by atoms with E-state index in [9.17, 15) is 4.79 Å². The Hall–Kier alpha value is -1.23. The molecular formula is C12H21N3OS. The van der Waals surface area contributed by atoms with Gasteiger partial charge in [0.05, 0.1) is 10.7 Å². The second-order valence-corrected chi connectivity index (χ2v) is 5.37. The maximum Gasteiger partial charge on any atom is 0.265 e. The molecule has 1 rings (SSSR count). The molecule has 4 nitrogen and oxygen atoms in total. The summed E-state index contributed by atoms with van der Waals surface area (Å²) in [7, 11) is 5.51. The molecule has 0 aliphatic carbocycles. The lowest BCUT2D eigenvalue weighted by Gasteiger charge is -2.16. The zero-order valence-corrected chi connectivity index (χ0v) is 11.8. The van der Waals surface area contributed by atoms with Crippen molar-refractivity contribution in [2.24, 2.45) is 0 Å². The fourth-order valence-electron chi connectivity index (χ4n) is 1.46. The van der Waals surface area contributed by atoms with Crippen LogP contribution < -0.4 is 10.6 Å². The highest BCUT2D eigenvalue weighted by Gasteiger charge is 2.17. The lowest BCUT2D eigenvalue weighted by molar-refractivity contribution is 0.0833. The van der Waals surface area contributed by atoms with Crippen LogP contribution in [0, 0.1) is 0 Å². The highest BCUT2D eigenvalue weighted by molar-refractivity contribution is 7.18. The Kier molecular flexibility index (Phi) is 4.81. The van der Waals surface area contributed by atoms with Gasteiger partial charge in [-0.2, -0.15) is 0 Å². The van der Waals surface area contributed by atoms with Crippen LogP contribution in [0.5, 0.6) is 0 Å². The lowest BCUT2D eigenvalue weighted by Crippen LogP contribution is -2.21. The minimum Gasteiger partial charge on any atom is -0.397 e. The van der Waals surface area contributed by atoms with E-state index in [0.717, 1.165) is 24.4 Å². The van der Waals surface area contributed by atoms with Gasteiger partial charge < -0.3 is 15.5 Å². The summed E-state index contributed by atoms with van der Waals surface area (Å²) < 4.78 is 0. The second-order valence-electron chi connectivity index (χ2n) is 4.34. The van der Waals surface area contributed by atoms with E-state index in [4.69, 9.17) is 5.73 Å². The van der Waals surface area contributed by atoms with E-state index >= 15 is 0 Å². The Morgan fingerprint density at radius 3 is 2.59 bits per heavy atom. The molecule has 0 aliphatic heterocycles. The first-order chi connectivity index (χ1) is 7.97. The van der Waals surface area contributed by atoms with E-state index in [-0.39, 0.29) is 5.91 Å². The zero-order chi connectivity index (χ0) is 13.0. The van der Waals surface area contributed by atoms with Crippen LogP contribution in [0.25, 0.3) is 0 Å². The summed E-state index contributed by atoms with van der Waals surface area (Å²) in [5, 5.41) is 1.06. The van der Waals surface area contributed by atoms with Gasteiger partial charge >= 0.3 is 0 Å². The Morgan fingerprint density at radius 1 is 1.41 bits per heavy atom. The summed E-state index contributed by atoms with van der Waals surface area (Å²) in [6, 6.07) is 1.89. The van der Waals surface area contributed by atoms with Crippen LogP contribution in [-0.4, -0.2) is 38.5 Å². The fraction of sp³-hybridized carbons (Fsp3) is 0.583. The molecule has 0 atom stereocenters. The number of amides is 1. The Bertz CT molecular complexity index is 387. The van der Waals surface area contributed by atoms with Crippen LogP contribution in [0.2, 0.25) is 0 Å². The fourth-order valence-corrected chi connectivity index (χ4v) is 2.54. The third-order valence-corrected chi connectivity index (χ3v) is 3.82. The van der Waals surface area contributed by atoms with E-state index in [0.29, 0.717) is 10.6 Å². The van der Waals surface area contributed by atoms with Crippen LogP contribution in [0.4, 0.5) is 10.7 Å². The average Bonchev–Trinajstić information content (AvgIpc) is 2.67. The smallest absolute Gasteiger partial charge is 0.265 e. The van der Waals surface area contributed by atoms with Crippen molar-refractivity contribution >= 4 is 27.9 Å². The van der Waals surface area contributed by atoms with Crippen molar-refractivity contribution in [2.75, 3.05) is 38.3 Å². The van der Waals surface area contributed by atoms with Gasteiger partial charge in [0.15, 0.2) is 0 Å². The molecule has 0 spiro atoms. The van der Waals surface area contributed by atoms with E-state index < -0.39 is 0 Å². The molecule has 2 N–H and O–H groups in total. The van der Waals surface area contributed by atoms with Gasteiger partial charge in [-0.05, 0) is 12.5 Å². The number of carbonyl (C=O) groups excluding carboxylic acids is 1. The Balaban J connectivity index is 2.84. The summed E-state index contributed by atoms with van der Waals surface area (Å²) in [5.41, 5.74) is 6.46. The molecule has 1 aromatic heterocycles. The van der Waals surface area contributed by atoms with Gasteiger partial charge in [-0.15, -0.1) is 11.3 Å². The Morgan fingerprint density at radius 2 is 2.06 bits per heavy atom. The summed E-state index contributed by atoms with van der Waals surface area (Å²) in [4.78, 5) is 16.2. The van der Waals surface area contributed by atoms with Crippen molar-refractivity contribution in [1.29, 1.82) is 0 Å². The number of unbranched alkanes of at least 4 members (excludes halogenated alkanes) is 1. The van der Waals surface area contributed by atoms with Crippen molar-refractivity contribution in [3.63, 3.8) is 0 Å². The largest absolute Gasteiger partial charge is 0.397 e. The van der Waals surface area contributed by atoms with E-state index in [1.807, 2.05) is 13.1 Å². The number of thiophene rings is 1. The van der Waals surface area contributed by atoms with Gasteiger partial charge in [-0.1, -0.05) is 13.3 Å². The van der Waals surface area contributed by atoms with Gasteiger partial charge in [0, 0.05) is 27.7 Å². The predicted octanol–water partition coefficient (Wildman–Crippen LogP) is 2.27. The quantitative estimate of drug-likeness (QED) is 0.878. The summed E-state index contributed by atoms with van der Waals surface area (Å²) in [6.07, 6.45) is 2.31. The number of nitrogen functional groups attached to an aromatic ring is 1. The minimum absolute atomic E-state index is 0.0253. The number of carbonyl (C=O) groups is 1. The van der Waals surface area contributed by atoms with Crippen molar-refractivity contribution in [3.05, 3.63) is 10.9 Å². The third kappa shape index (κ3) is 3.36. The van der Waals surface area contributed by atoms with Crippen molar-refractivity contribution in [3.8, 4) is 0 Å². The molecule has 1 aromatic rings. The number of nitrogens with two attached hydrogens (primary N) is 1. The van der Waals surface area contributed by atoms with Crippen LogP contribution in [0.1, 0.15) is 29.4 Å². The molecule has 17 heavy (non-hydrogen) atoms. The molecule has 0 aliphatic rings. The second kappa shape index (κ2) is 5.91. The predicted molar refractivity (Wildman–Crippen MR) is 74.9 cm³/mol. The topological polar surface area (TPSA) is 49.6 Å². The normalized spacial score (nSPS) is 10.4. The van der Waals surface area contributed by atoms with E-state index in [1.165, 1.54) is 11.3 Å². The van der Waals surface area contributed by atoms with Gasteiger partial charge in [0.25, 0.3) is 5.91 Å². The molecule has 0 saturated heterocycles. The standard InChI is InChI=1S/C12H21N3OS/c1-5-6-7-15(4)10-8-9(13)11(17-10)12(16)14(2)3/h8H,5-7,13H2,1-4H3. The number of hydrogen-bond donors (Lipinski definition) is 1. The first-order valence-electron chi connectivity index (χ1n) is 5.79. The first kappa shape index (κ1) is 13.8. The summed E-state index contributed by atoms with van der Waals surface area (Å²) in [6.45, 7) is 3.16. The molecule has 0 saturated carbocycles. The van der Waals surface area contributed by atoms with Crippen molar-refractivity contribution in [1.82, 2.24) is 4.90 Å². The molecule has 5 heteroatoms. The van der Waals surface area contributed by atoms with Crippen LogP contribution in [0.3, 0.4) is 0 Å². The number of hydrogen-bond acceptors (Lipinski definition) is 4. The maximum absolute atomic E-state index is 11.9. The number of nitrogens with zero attached hydrogens (tertiary/aromatic N) is 2. The third-order valence-electron chi connectivity index (χ3n) is 2.57. The zero-order valence-electron chi connectivity index (χ0n) is 11.0. The van der Waals surface area contributed by atoms with Crippen molar-refractivity contribution < 1.29 is 4.79 Å². The minimum atomic E-state index is -0.0253. The highest BCUT2D eigenvalue weighted by atomic mass is 32.1. The monoisotopic (exact) mass is 255 g/mol. The van der Waals surface area contributed by atoms with E-state index in [1.54, 1.807) is 19.0 Å². The first-order valence-corrected chi connectivity index (χ1v) is 6.61. The van der Waals surface area contributed by atoms with Gasteiger partial charge in [-0.3, -0.25) is 4.79 Å². The SMILES string of the molecule is CCCCN(C)c1cc(N)c(C(=O)N(C)C)s1. The Labute approximate surface area is 107 Å². The molecular weight excluding hydrogens is 234 g/mol. The summed E-state index contributed by atoms with van der Waals surface area (Å²) in [5.74, 6) is -0.0253. The van der Waals surface area contributed by atoms with Gasteiger partial charge in [0.2, 0.25) is 0 Å². The van der Waals surface area contributed by atoms with Gasteiger partial charge in [-0.25, -0.2) is 0 Å². The molecule has 0 radical (unpaired) electrons. The van der Waals surface area contributed by atoms with E-state index in [2.05, 4.69) is 11.8 Å². The molecule has 0 bridgehead atoms. The molecule has 0 unspecified atom stereocenters. The molecule has 1 amide bonds. The highest BCUT2D eigenvalue weighted by Crippen LogP contribution is 2.32. The lowest BCUT2D eigenvalue weighted by atomic mass is 10.3. The van der Waals surface area contributed by atoms with Crippen LogP contribution in [0.15, 0.2) is 6.07 Å². The average molecular weight is 255 g/mol. The van der Waals surface area contributed by atoms with Crippen LogP contribution in [-0.2, 0) is 0 Å². The molecule has 0 fully saturated rings. The molecule has 1 heterocycles. The van der Waals surface area contributed by atoms with Crippen LogP contribution >= 0.6 is 11.3 Å². The molecule has 96 valence electrons. The number of rotatable bonds is 5. The summed E-state index contributed by atoms with van der Waals surface area (Å²) >= 11 is 1.46. The number of anilines is 2.